The number of aromatic nitrogens is 3. The van der Waals surface area contributed by atoms with Crippen molar-refractivity contribution in [3.05, 3.63) is 68.0 Å². The average Bonchev–Trinajstić information content (AvgIpc) is 2.76. The van der Waals surface area contributed by atoms with Crippen molar-refractivity contribution in [1.82, 2.24) is 20.3 Å². The van der Waals surface area contributed by atoms with Gasteiger partial charge in [-0.2, -0.15) is 0 Å². The summed E-state index contributed by atoms with van der Waals surface area (Å²) in [6.45, 7) is 7.71. The Bertz CT molecular complexity index is 1240. The van der Waals surface area contributed by atoms with Crippen molar-refractivity contribution >= 4 is 56.8 Å². The van der Waals surface area contributed by atoms with E-state index in [0.717, 1.165) is 0 Å². The smallest absolute Gasteiger partial charge is 0.304 e. The Morgan fingerprint density at radius 3 is 2.15 bits per heavy atom. The highest BCUT2D eigenvalue weighted by Crippen LogP contribution is 2.32. The van der Waals surface area contributed by atoms with Crippen LogP contribution in [0.2, 0.25) is 10.2 Å². The summed E-state index contributed by atoms with van der Waals surface area (Å²) in [6.07, 6.45) is 0. The Labute approximate surface area is 214 Å². The number of benzene rings is 1. The molecule has 0 saturated heterocycles. The Kier molecular flexibility index (Phi) is 8.22. The minimum Gasteiger partial charge on any atom is -0.304 e. The van der Waals surface area contributed by atoms with Crippen LogP contribution in [0.25, 0.3) is 11.3 Å². The third-order valence-electron chi connectivity index (χ3n) is 4.80. The van der Waals surface area contributed by atoms with Gasteiger partial charge in [0.25, 0.3) is 5.91 Å². The Morgan fingerprint density at radius 2 is 1.59 bits per heavy atom. The van der Waals surface area contributed by atoms with E-state index in [1.807, 2.05) is 27.7 Å². The fourth-order valence-corrected chi connectivity index (χ4v) is 4.07. The second-order valence-corrected chi connectivity index (χ2v) is 9.47. The van der Waals surface area contributed by atoms with Crippen LogP contribution in [0.15, 0.2) is 35.1 Å². The van der Waals surface area contributed by atoms with E-state index >= 15 is 0 Å². The molecule has 2 N–H and O–H groups in total. The summed E-state index contributed by atoms with van der Waals surface area (Å²) < 4.78 is 14.5. The lowest BCUT2D eigenvalue weighted by molar-refractivity contribution is 0.0967. The zero-order valence-corrected chi connectivity index (χ0v) is 21.8. The molecule has 0 unspecified atom stereocenters. The first-order valence-corrected chi connectivity index (χ1v) is 11.8. The highest BCUT2D eigenvalue weighted by atomic mass is 79.9. The van der Waals surface area contributed by atoms with Crippen molar-refractivity contribution in [3.8, 4) is 11.3 Å². The fraction of sp³-hybridized carbons (Fsp3) is 0.261. The number of hydrogen-bond donors (Lipinski definition) is 2. The zero-order valence-electron chi connectivity index (χ0n) is 18.7. The van der Waals surface area contributed by atoms with Crippen LogP contribution in [0.3, 0.4) is 0 Å². The van der Waals surface area contributed by atoms with Crippen molar-refractivity contribution in [3.63, 3.8) is 0 Å². The first kappa shape index (κ1) is 26.0. The maximum Gasteiger partial charge on any atom is 0.326 e. The molecule has 0 radical (unpaired) electrons. The molecule has 0 bridgehead atoms. The number of hydrogen-bond acceptors (Lipinski definition) is 5. The van der Waals surface area contributed by atoms with Gasteiger partial charge in [0, 0.05) is 5.56 Å². The predicted molar refractivity (Wildman–Crippen MR) is 134 cm³/mol. The third-order valence-corrected chi connectivity index (χ3v) is 5.73. The van der Waals surface area contributed by atoms with Crippen molar-refractivity contribution in [2.24, 2.45) is 0 Å². The van der Waals surface area contributed by atoms with E-state index in [0.29, 0.717) is 21.8 Å². The van der Waals surface area contributed by atoms with Gasteiger partial charge in [-0.1, -0.05) is 63.0 Å². The van der Waals surface area contributed by atoms with Gasteiger partial charge in [-0.3, -0.25) is 10.1 Å². The predicted octanol–water partition coefficient (Wildman–Crippen LogP) is 6.96. The number of anilines is 1. The lowest BCUT2D eigenvalue weighted by Crippen LogP contribution is -2.35. The number of rotatable bonds is 5. The monoisotopic (exact) mass is 567 g/mol. The van der Waals surface area contributed by atoms with Crippen LogP contribution in [0.4, 0.5) is 14.9 Å². The first-order valence-electron chi connectivity index (χ1n) is 10.3. The second kappa shape index (κ2) is 10.8. The van der Waals surface area contributed by atoms with E-state index in [9.17, 15) is 14.0 Å². The van der Waals surface area contributed by atoms with Crippen LogP contribution in [-0.2, 0) is 0 Å². The minimum absolute atomic E-state index is 0.00514. The molecule has 0 aliphatic rings. The molecule has 3 rings (SSSR count). The number of amides is 3. The van der Waals surface area contributed by atoms with Gasteiger partial charge in [0.05, 0.1) is 33.4 Å². The van der Waals surface area contributed by atoms with Crippen LogP contribution in [0.1, 0.15) is 61.3 Å². The van der Waals surface area contributed by atoms with Crippen molar-refractivity contribution in [1.29, 1.82) is 0 Å². The van der Waals surface area contributed by atoms with Crippen LogP contribution in [0, 0.1) is 5.82 Å². The number of carbonyl (C=O) groups excluding carboxylic acids is 2. The number of nitrogens with zero attached hydrogens (tertiary/aromatic N) is 3. The standard InChI is InChI=1S/C23H21BrCl2FN5O2/c1-10(2)16-19(17(11(3)4)30-22(24)29-16)31-23(34)32-21(33)13-9-14(25)18(28-20(13)26)12-7-5-6-8-15(12)27/h5-11H,1-4H3,(H2,31,32,33,34). The molecule has 0 fully saturated rings. The first-order chi connectivity index (χ1) is 16.0. The molecule has 2 aromatic heterocycles. The zero-order chi connectivity index (χ0) is 25.2. The maximum atomic E-state index is 14.1. The normalized spacial score (nSPS) is 11.1. The minimum atomic E-state index is -0.827. The van der Waals surface area contributed by atoms with Gasteiger partial charge in [-0.25, -0.2) is 24.1 Å². The van der Waals surface area contributed by atoms with Crippen molar-refractivity contribution in [2.45, 2.75) is 39.5 Å². The number of carbonyl (C=O) groups is 2. The SMILES string of the molecule is CC(C)c1nc(Br)nc(C(C)C)c1NC(=O)NC(=O)c1cc(Cl)c(-c2ccccc2F)nc1Cl. The molecule has 2 heterocycles. The van der Waals surface area contributed by atoms with E-state index < -0.39 is 17.8 Å². The summed E-state index contributed by atoms with van der Waals surface area (Å²) >= 11 is 15.7. The van der Waals surface area contributed by atoms with Gasteiger partial charge in [0.15, 0.2) is 4.73 Å². The van der Waals surface area contributed by atoms with Gasteiger partial charge in [0.1, 0.15) is 11.0 Å². The topological polar surface area (TPSA) is 96.9 Å². The van der Waals surface area contributed by atoms with E-state index in [1.165, 1.54) is 24.3 Å². The number of pyridine rings is 1. The molecule has 178 valence electrons. The summed E-state index contributed by atoms with van der Waals surface area (Å²) in [4.78, 5) is 38.3. The summed E-state index contributed by atoms with van der Waals surface area (Å²) in [5.41, 5.74) is 1.74. The van der Waals surface area contributed by atoms with Gasteiger partial charge >= 0.3 is 6.03 Å². The molecule has 3 amide bonds. The van der Waals surface area contributed by atoms with Gasteiger partial charge in [-0.05, 0) is 46.0 Å². The molecule has 0 aliphatic carbocycles. The summed E-state index contributed by atoms with van der Waals surface area (Å²) in [6, 6.07) is 6.34. The fourth-order valence-electron chi connectivity index (χ4n) is 3.21. The summed E-state index contributed by atoms with van der Waals surface area (Å²) in [5, 5.41) is 4.68. The number of imide groups is 1. The third kappa shape index (κ3) is 5.71. The number of nitrogens with one attached hydrogen (secondary N) is 2. The summed E-state index contributed by atoms with van der Waals surface area (Å²) in [5.74, 6) is -1.41. The van der Waals surface area contributed by atoms with Crippen LogP contribution in [-0.4, -0.2) is 26.9 Å². The largest absolute Gasteiger partial charge is 0.326 e. The molecule has 1 aromatic carbocycles. The van der Waals surface area contributed by atoms with Crippen LogP contribution < -0.4 is 10.6 Å². The Hall–Kier alpha value is -2.62. The van der Waals surface area contributed by atoms with Gasteiger partial charge < -0.3 is 5.32 Å². The molecular weight excluding hydrogens is 548 g/mol. The average molecular weight is 569 g/mol. The van der Waals surface area contributed by atoms with Crippen molar-refractivity contribution < 1.29 is 14.0 Å². The molecular formula is C23H21BrCl2FN5O2. The van der Waals surface area contributed by atoms with E-state index in [-0.39, 0.29) is 38.8 Å². The lowest BCUT2D eigenvalue weighted by Gasteiger charge is -2.19. The Balaban J connectivity index is 1.87. The molecule has 0 saturated carbocycles. The highest BCUT2D eigenvalue weighted by Gasteiger charge is 2.23. The molecule has 11 heteroatoms. The molecule has 0 atom stereocenters. The second-order valence-electron chi connectivity index (χ2n) is 7.99. The lowest BCUT2D eigenvalue weighted by atomic mass is 10.0. The molecule has 3 aromatic rings. The van der Waals surface area contributed by atoms with Crippen LogP contribution in [0.5, 0.6) is 0 Å². The molecule has 0 spiro atoms. The van der Waals surface area contributed by atoms with Gasteiger partial charge in [-0.15, -0.1) is 0 Å². The number of urea groups is 1. The molecule has 34 heavy (non-hydrogen) atoms. The van der Waals surface area contributed by atoms with Crippen molar-refractivity contribution in [2.75, 3.05) is 5.32 Å². The highest BCUT2D eigenvalue weighted by molar-refractivity contribution is 9.10. The quantitative estimate of drug-likeness (QED) is 0.256. The van der Waals surface area contributed by atoms with E-state index in [1.54, 1.807) is 6.07 Å². The summed E-state index contributed by atoms with van der Waals surface area (Å²) in [7, 11) is 0. The Morgan fingerprint density at radius 1 is 1.00 bits per heavy atom. The van der Waals surface area contributed by atoms with E-state index in [2.05, 4.69) is 41.5 Å². The van der Waals surface area contributed by atoms with Crippen LogP contribution >= 0.6 is 39.1 Å². The number of halogens is 4. The molecule has 0 aliphatic heterocycles. The van der Waals surface area contributed by atoms with Gasteiger partial charge in [0.2, 0.25) is 0 Å². The molecule has 7 nitrogen and oxygen atoms in total. The maximum absolute atomic E-state index is 14.1. The van der Waals surface area contributed by atoms with E-state index in [4.69, 9.17) is 23.2 Å².